The Morgan fingerprint density at radius 3 is 2.11 bits per heavy atom. The molecule has 4 unspecified atom stereocenters. The van der Waals surface area contributed by atoms with Gasteiger partial charge in [-0.2, -0.15) is 0 Å². The van der Waals surface area contributed by atoms with Crippen LogP contribution in [0.25, 0.3) is 0 Å². The summed E-state index contributed by atoms with van der Waals surface area (Å²) < 4.78 is 0. The highest BCUT2D eigenvalue weighted by Gasteiger charge is 2.29. The van der Waals surface area contributed by atoms with Gasteiger partial charge in [0.2, 0.25) is 17.7 Å². The van der Waals surface area contributed by atoms with E-state index in [0.29, 0.717) is 19.4 Å². The molecule has 3 amide bonds. The predicted molar refractivity (Wildman–Crippen MR) is 132 cm³/mol. The van der Waals surface area contributed by atoms with Gasteiger partial charge in [-0.15, -0.1) is 0 Å². The summed E-state index contributed by atoms with van der Waals surface area (Å²) in [6.45, 7) is 5.07. The van der Waals surface area contributed by atoms with Crippen LogP contribution in [0.15, 0.2) is 35.3 Å². The molecule has 0 bridgehead atoms. The van der Waals surface area contributed by atoms with Crippen LogP contribution >= 0.6 is 0 Å². The fourth-order valence-corrected chi connectivity index (χ4v) is 3.16. The summed E-state index contributed by atoms with van der Waals surface area (Å²) in [4.78, 5) is 53.3. The third-order valence-corrected chi connectivity index (χ3v) is 5.20. The molecule has 194 valence electrons. The molecule has 12 nitrogen and oxygen atoms in total. The highest BCUT2D eigenvalue weighted by atomic mass is 16.4. The van der Waals surface area contributed by atoms with Gasteiger partial charge in [0, 0.05) is 13.0 Å². The summed E-state index contributed by atoms with van der Waals surface area (Å²) in [6.07, 6.45) is 0.934. The van der Waals surface area contributed by atoms with Gasteiger partial charge in [-0.3, -0.25) is 19.4 Å². The second kappa shape index (κ2) is 14.6. The zero-order valence-corrected chi connectivity index (χ0v) is 20.4. The average molecular weight is 492 g/mol. The Labute approximate surface area is 205 Å². The van der Waals surface area contributed by atoms with Gasteiger partial charge in [0.05, 0.1) is 6.04 Å². The largest absolute Gasteiger partial charge is 0.480 e. The lowest BCUT2D eigenvalue weighted by Crippen LogP contribution is -2.57. The number of rotatable bonds is 14. The number of amides is 3. The van der Waals surface area contributed by atoms with Crippen molar-refractivity contribution >= 4 is 29.7 Å². The van der Waals surface area contributed by atoms with Crippen LogP contribution in [-0.2, 0) is 25.6 Å². The molecule has 0 aromatic heterocycles. The molecule has 0 aliphatic carbocycles. The number of aliphatic carboxylic acids is 1. The smallest absolute Gasteiger partial charge is 0.326 e. The Balaban J connectivity index is 2.86. The number of carbonyl (C=O) groups is 4. The number of carboxylic acid groups (broad SMARTS) is 1. The molecule has 12 heteroatoms. The Bertz CT molecular complexity index is 888. The van der Waals surface area contributed by atoms with Gasteiger partial charge in [0.15, 0.2) is 5.96 Å². The fourth-order valence-electron chi connectivity index (χ4n) is 3.16. The summed E-state index contributed by atoms with van der Waals surface area (Å²) in [7, 11) is 0. The van der Waals surface area contributed by atoms with Crippen molar-refractivity contribution < 1.29 is 24.3 Å². The van der Waals surface area contributed by atoms with E-state index in [0.717, 1.165) is 5.56 Å². The number of nitrogens with two attached hydrogens (primary N) is 3. The van der Waals surface area contributed by atoms with Crippen LogP contribution in [-0.4, -0.2) is 65.5 Å². The lowest BCUT2D eigenvalue weighted by molar-refractivity contribution is -0.143. The van der Waals surface area contributed by atoms with Crippen molar-refractivity contribution in [1.29, 1.82) is 0 Å². The van der Waals surface area contributed by atoms with Gasteiger partial charge >= 0.3 is 5.97 Å². The topological polar surface area (TPSA) is 215 Å². The number of hydrogen-bond acceptors (Lipinski definition) is 6. The van der Waals surface area contributed by atoms with E-state index in [2.05, 4.69) is 20.9 Å². The van der Waals surface area contributed by atoms with Crippen LogP contribution < -0.4 is 33.2 Å². The molecular formula is C23H37N7O5. The minimum absolute atomic E-state index is 0.0520. The van der Waals surface area contributed by atoms with E-state index < -0.39 is 47.9 Å². The summed E-state index contributed by atoms with van der Waals surface area (Å²) in [5, 5.41) is 16.9. The SMILES string of the molecule is CC(NC(=O)C(Cc1ccccc1)NC(=O)C(N)CCCN=C(N)N)C(=O)NC(C(=O)O)C(C)C. The summed E-state index contributed by atoms with van der Waals surface area (Å²) >= 11 is 0. The van der Waals surface area contributed by atoms with Gasteiger partial charge in [0.25, 0.3) is 0 Å². The summed E-state index contributed by atoms with van der Waals surface area (Å²) in [6, 6.07) is 5.00. The van der Waals surface area contributed by atoms with Crippen LogP contribution in [0.5, 0.6) is 0 Å². The predicted octanol–water partition coefficient (Wildman–Crippen LogP) is -1.18. The van der Waals surface area contributed by atoms with E-state index in [9.17, 15) is 24.3 Å². The Hall–Kier alpha value is -3.67. The molecule has 0 saturated carbocycles. The highest BCUT2D eigenvalue weighted by molar-refractivity contribution is 5.94. The first-order valence-corrected chi connectivity index (χ1v) is 11.4. The van der Waals surface area contributed by atoms with Crippen molar-refractivity contribution in [2.45, 2.75) is 64.2 Å². The minimum atomic E-state index is -1.17. The van der Waals surface area contributed by atoms with E-state index in [-0.39, 0.29) is 18.3 Å². The van der Waals surface area contributed by atoms with Gasteiger partial charge < -0.3 is 38.3 Å². The zero-order valence-electron chi connectivity index (χ0n) is 20.4. The number of benzene rings is 1. The Morgan fingerprint density at radius 2 is 1.57 bits per heavy atom. The number of carbonyl (C=O) groups excluding carboxylic acids is 3. The summed E-state index contributed by atoms with van der Waals surface area (Å²) in [5.41, 5.74) is 17.3. The van der Waals surface area contributed by atoms with Crippen molar-refractivity contribution in [1.82, 2.24) is 16.0 Å². The standard InChI is InChI=1S/C23H37N7O5/c1-13(2)18(22(34)35)30-19(31)14(3)28-21(33)17(12-15-8-5-4-6-9-15)29-20(32)16(24)10-7-11-27-23(25)26/h4-6,8-9,13-14,16-18H,7,10-12,24H2,1-3H3,(H,28,33)(H,29,32)(H,30,31)(H,34,35)(H4,25,26,27). The van der Waals surface area contributed by atoms with Crippen LogP contribution in [0.3, 0.4) is 0 Å². The molecule has 0 fully saturated rings. The third kappa shape index (κ3) is 10.9. The maximum Gasteiger partial charge on any atom is 0.326 e. The van der Waals surface area contributed by atoms with Crippen LogP contribution in [0.4, 0.5) is 0 Å². The maximum absolute atomic E-state index is 13.0. The average Bonchev–Trinajstić information content (AvgIpc) is 2.79. The number of aliphatic imine (C=N–C) groups is 1. The lowest BCUT2D eigenvalue weighted by Gasteiger charge is -2.24. The van der Waals surface area contributed by atoms with Crippen molar-refractivity contribution in [3.05, 3.63) is 35.9 Å². The second-order valence-corrected chi connectivity index (χ2v) is 8.60. The first-order valence-electron chi connectivity index (χ1n) is 11.4. The van der Waals surface area contributed by atoms with E-state index >= 15 is 0 Å². The molecular weight excluding hydrogens is 454 g/mol. The number of carboxylic acids is 1. The molecule has 0 aliphatic heterocycles. The normalized spacial score (nSPS) is 14.2. The number of nitrogens with zero attached hydrogens (tertiary/aromatic N) is 1. The molecule has 0 spiro atoms. The first-order chi connectivity index (χ1) is 16.4. The zero-order chi connectivity index (χ0) is 26.5. The molecule has 0 aliphatic rings. The van der Waals surface area contributed by atoms with Crippen molar-refractivity contribution in [2.75, 3.05) is 6.54 Å². The lowest BCUT2D eigenvalue weighted by atomic mass is 10.0. The maximum atomic E-state index is 13.0. The Kier molecular flexibility index (Phi) is 12.2. The third-order valence-electron chi connectivity index (χ3n) is 5.20. The summed E-state index contributed by atoms with van der Waals surface area (Å²) in [5.74, 6) is -3.36. The van der Waals surface area contributed by atoms with Crippen LogP contribution in [0.1, 0.15) is 39.2 Å². The van der Waals surface area contributed by atoms with Gasteiger partial charge in [-0.05, 0) is 31.2 Å². The van der Waals surface area contributed by atoms with E-state index in [1.807, 2.05) is 6.07 Å². The molecule has 1 rings (SSSR count). The van der Waals surface area contributed by atoms with Crippen molar-refractivity contribution in [3.63, 3.8) is 0 Å². The monoisotopic (exact) mass is 491 g/mol. The molecule has 35 heavy (non-hydrogen) atoms. The van der Waals surface area contributed by atoms with E-state index in [1.165, 1.54) is 6.92 Å². The molecule has 4 atom stereocenters. The van der Waals surface area contributed by atoms with Gasteiger partial charge in [0.1, 0.15) is 18.1 Å². The van der Waals surface area contributed by atoms with E-state index in [1.54, 1.807) is 38.1 Å². The van der Waals surface area contributed by atoms with Crippen LogP contribution in [0.2, 0.25) is 0 Å². The molecule has 1 aromatic rings. The quantitative estimate of drug-likeness (QED) is 0.0953. The highest BCUT2D eigenvalue weighted by Crippen LogP contribution is 2.06. The number of hydrogen-bond donors (Lipinski definition) is 7. The fraction of sp³-hybridized carbons (Fsp3) is 0.522. The second-order valence-electron chi connectivity index (χ2n) is 8.60. The number of nitrogens with one attached hydrogen (secondary N) is 3. The minimum Gasteiger partial charge on any atom is -0.480 e. The molecule has 0 radical (unpaired) electrons. The van der Waals surface area contributed by atoms with Crippen LogP contribution in [0, 0.1) is 5.92 Å². The van der Waals surface area contributed by atoms with Gasteiger partial charge in [-0.1, -0.05) is 44.2 Å². The van der Waals surface area contributed by atoms with Crippen molar-refractivity contribution in [3.8, 4) is 0 Å². The molecule has 10 N–H and O–H groups in total. The van der Waals surface area contributed by atoms with Crippen molar-refractivity contribution in [2.24, 2.45) is 28.1 Å². The van der Waals surface area contributed by atoms with Gasteiger partial charge in [-0.25, -0.2) is 4.79 Å². The molecule has 0 saturated heterocycles. The van der Waals surface area contributed by atoms with E-state index in [4.69, 9.17) is 17.2 Å². The Morgan fingerprint density at radius 1 is 0.943 bits per heavy atom. The molecule has 0 heterocycles. The molecule has 1 aromatic carbocycles. The number of guanidine groups is 1. The first kappa shape index (κ1) is 29.4.